The maximum atomic E-state index is 13.1. The first-order valence-corrected chi connectivity index (χ1v) is 11.8. The van der Waals surface area contributed by atoms with Gasteiger partial charge in [0.05, 0.1) is 27.6 Å². The van der Waals surface area contributed by atoms with Crippen LogP contribution in [0.4, 0.5) is 13.2 Å². The second-order valence-electron chi connectivity index (χ2n) is 8.21. The molecule has 32 heavy (non-hydrogen) atoms. The molecule has 12 heteroatoms. The van der Waals surface area contributed by atoms with Crippen LogP contribution >= 0.6 is 11.6 Å². The number of hydrogen-bond acceptors (Lipinski definition) is 5. The summed E-state index contributed by atoms with van der Waals surface area (Å²) in [4.78, 5) is 13.9. The van der Waals surface area contributed by atoms with Crippen LogP contribution in [0.15, 0.2) is 23.1 Å². The van der Waals surface area contributed by atoms with Gasteiger partial charge in [-0.1, -0.05) is 25.4 Å². The molecule has 0 aliphatic carbocycles. The molecule has 1 N–H and O–H groups in total. The Morgan fingerprint density at radius 3 is 2.22 bits per heavy atom. The maximum Gasteiger partial charge on any atom is 0.417 e. The van der Waals surface area contributed by atoms with E-state index in [1.807, 2.05) is 13.8 Å². The van der Waals surface area contributed by atoms with Crippen molar-refractivity contribution in [3.8, 4) is 6.07 Å². The van der Waals surface area contributed by atoms with Gasteiger partial charge in [-0.15, -0.1) is 0 Å². The molecule has 2 rings (SSSR count). The number of rotatable bonds is 6. The van der Waals surface area contributed by atoms with Gasteiger partial charge in [-0.05, 0) is 38.0 Å². The lowest BCUT2D eigenvalue weighted by Crippen LogP contribution is -2.58. The van der Waals surface area contributed by atoms with Crippen molar-refractivity contribution < 1.29 is 26.4 Å². The standard InChI is InChI=1S/C20H26ClF3N4O3S/c1-13(2)19(4,12-25)26-18(29)14(3)27-7-9-28(10-8-27)32(30,31)15-5-6-17(21)16(11-15)20(22,23)24/h5-6,11,13-14H,7-10H2,1-4H3,(H,26,29). The monoisotopic (exact) mass is 494 g/mol. The van der Waals surface area contributed by atoms with E-state index in [0.717, 1.165) is 16.4 Å². The van der Waals surface area contributed by atoms with E-state index in [4.69, 9.17) is 11.6 Å². The first-order valence-electron chi connectivity index (χ1n) is 9.97. The average molecular weight is 495 g/mol. The summed E-state index contributed by atoms with van der Waals surface area (Å²) in [6, 6.07) is 3.99. The number of hydrogen-bond donors (Lipinski definition) is 1. The van der Waals surface area contributed by atoms with E-state index in [-0.39, 0.29) is 38.0 Å². The minimum atomic E-state index is -4.78. The average Bonchev–Trinajstić information content (AvgIpc) is 2.72. The van der Waals surface area contributed by atoms with Crippen LogP contribution in [-0.4, -0.2) is 61.3 Å². The van der Waals surface area contributed by atoms with E-state index in [1.54, 1.807) is 18.7 Å². The zero-order valence-electron chi connectivity index (χ0n) is 18.2. The van der Waals surface area contributed by atoms with Gasteiger partial charge in [0.25, 0.3) is 0 Å². The highest BCUT2D eigenvalue weighted by Crippen LogP contribution is 2.36. The molecule has 0 spiro atoms. The van der Waals surface area contributed by atoms with Gasteiger partial charge in [0.15, 0.2) is 0 Å². The minimum Gasteiger partial charge on any atom is -0.336 e. The van der Waals surface area contributed by atoms with Crippen LogP contribution in [0.3, 0.4) is 0 Å². The number of nitriles is 1. The lowest BCUT2D eigenvalue weighted by atomic mass is 9.89. The topological polar surface area (TPSA) is 93.5 Å². The van der Waals surface area contributed by atoms with E-state index in [0.29, 0.717) is 6.07 Å². The zero-order chi connectivity index (χ0) is 24.5. The predicted octanol–water partition coefficient (Wildman–Crippen LogP) is 3.11. The van der Waals surface area contributed by atoms with Gasteiger partial charge in [0.2, 0.25) is 15.9 Å². The quantitative estimate of drug-likeness (QED) is 0.656. The van der Waals surface area contributed by atoms with Crippen LogP contribution in [-0.2, 0) is 21.0 Å². The van der Waals surface area contributed by atoms with Crippen molar-refractivity contribution in [2.45, 2.75) is 50.3 Å². The number of nitrogens with zero attached hydrogens (tertiary/aromatic N) is 3. The van der Waals surface area contributed by atoms with Crippen molar-refractivity contribution in [1.82, 2.24) is 14.5 Å². The van der Waals surface area contributed by atoms with Crippen LogP contribution in [0, 0.1) is 17.2 Å². The number of piperazine rings is 1. The highest BCUT2D eigenvalue weighted by Gasteiger charge is 2.38. The SMILES string of the molecule is CC(C(=O)NC(C)(C#N)C(C)C)N1CCN(S(=O)(=O)c2ccc(Cl)c(C(F)(F)F)c2)CC1. The molecule has 2 unspecified atom stereocenters. The summed E-state index contributed by atoms with van der Waals surface area (Å²) in [6.45, 7) is 7.35. The molecule has 1 saturated heterocycles. The van der Waals surface area contributed by atoms with Gasteiger partial charge < -0.3 is 5.32 Å². The van der Waals surface area contributed by atoms with Crippen molar-refractivity contribution >= 4 is 27.5 Å². The van der Waals surface area contributed by atoms with Gasteiger partial charge in [0.1, 0.15) is 5.54 Å². The van der Waals surface area contributed by atoms with Crippen molar-refractivity contribution in [2.75, 3.05) is 26.2 Å². The molecule has 1 fully saturated rings. The number of carbonyl (C=O) groups is 1. The third kappa shape index (κ3) is 5.54. The van der Waals surface area contributed by atoms with E-state index in [1.165, 1.54) is 0 Å². The normalized spacial score (nSPS) is 19.2. The van der Waals surface area contributed by atoms with Gasteiger partial charge in [-0.25, -0.2) is 8.42 Å². The van der Waals surface area contributed by atoms with Crippen LogP contribution < -0.4 is 5.32 Å². The Morgan fingerprint density at radius 1 is 1.19 bits per heavy atom. The number of benzene rings is 1. The third-order valence-electron chi connectivity index (χ3n) is 5.85. The maximum absolute atomic E-state index is 13.1. The molecule has 0 bridgehead atoms. The van der Waals surface area contributed by atoms with E-state index >= 15 is 0 Å². The number of sulfonamides is 1. The molecular formula is C20H26ClF3N4O3S. The highest BCUT2D eigenvalue weighted by atomic mass is 35.5. The van der Waals surface area contributed by atoms with E-state index < -0.39 is 43.3 Å². The fraction of sp³-hybridized carbons (Fsp3) is 0.600. The molecule has 0 radical (unpaired) electrons. The number of nitrogens with one attached hydrogen (secondary N) is 1. The summed E-state index contributed by atoms with van der Waals surface area (Å²) in [7, 11) is -4.17. The molecule has 0 saturated carbocycles. The number of halogens is 4. The van der Waals surface area contributed by atoms with Crippen LogP contribution in [0.2, 0.25) is 5.02 Å². The molecule has 1 aromatic rings. The first kappa shape index (κ1) is 26.4. The van der Waals surface area contributed by atoms with Gasteiger partial charge in [-0.2, -0.15) is 22.7 Å². The summed E-state index contributed by atoms with van der Waals surface area (Å²) in [5, 5.41) is 11.5. The molecule has 1 aliphatic rings. The fourth-order valence-electron chi connectivity index (χ4n) is 3.19. The Kier molecular flexibility index (Phi) is 7.87. The molecule has 7 nitrogen and oxygen atoms in total. The van der Waals surface area contributed by atoms with Gasteiger partial charge in [0, 0.05) is 26.2 Å². The Labute approximate surface area is 191 Å². The van der Waals surface area contributed by atoms with Gasteiger partial charge in [-0.3, -0.25) is 9.69 Å². The molecule has 2 atom stereocenters. The van der Waals surface area contributed by atoms with Gasteiger partial charge >= 0.3 is 6.18 Å². The number of alkyl halides is 3. The second-order valence-corrected chi connectivity index (χ2v) is 10.6. The smallest absolute Gasteiger partial charge is 0.336 e. The molecule has 1 amide bonds. The molecule has 0 aromatic heterocycles. The van der Waals surface area contributed by atoms with E-state index in [2.05, 4.69) is 11.4 Å². The van der Waals surface area contributed by atoms with Crippen LogP contribution in [0.1, 0.15) is 33.3 Å². The number of amides is 1. The highest BCUT2D eigenvalue weighted by molar-refractivity contribution is 7.89. The Hall–Kier alpha value is -1.87. The first-order chi connectivity index (χ1) is 14.6. The summed E-state index contributed by atoms with van der Waals surface area (Å²) in [5.74, 6) is -0.474. The Morgan fingerprint density at radius 2 is 1.75 bits per heavy atom. The Bertz CT molecular complexity index is 1000. The van der Waals surface area contributed by atoms with E-state index in [9.17, 15) is 31.6 Å². The summed E-state index contributed by atoms with van der Waals surface area (Å²) >= 11 is 5.58. The summed E-state index contributed by atoms with van der Waals surface area (Å²) < 4.78 is 66.2. The largest absolute Gasteiger partial charge is 0.417 e. The lowest BCUT2D eigenvalue weighted by Gasteiger charge is -2.38. The zero-order valence-corrected chi connectivity index (χ0v) is 19.8. The molecule has 178 valence electrons. The minimum absolute atomic E-state index is 0.00360. The third-order valence-corrected chi connectivity index (χ3v) is 8.08. The summed E-state index contributed by atoms with van der Waals surface area (Å²) in [6.07, 6.45) is -4.78. The van der Waals surface area contributed by atoms with Crippen molar-refractivity contribution in [3.05, 3.63) is 28.8 Å². The molecular weight excluding hydrogens is 469 g/mol. The van der Waals surface area contributed by atoms with Crippen LogP contribution in [0.5, 0.6) is 0 Å². The molecule has 1 heterocycles. The predicted molar refractivity (Wildman–Crippen MR) is 113 cm³/mol. The van der Waals surface area contributed by atoms with Crippen LogP contribution in [0.25, 0.3) is 0 Å². The number of carbonyl (C=O) groups excluding carboxylic acids is 1. The van der Waals surface area contributed by atoms with Crippen molar-refractivity contribution in [1.29, 1.82) is 5.26 Å². The molecule has 1 aromatic carbocycles. The van der Waals surface area contributed by atoms with Crippen molar-refractivity contribution in [3.63, 3.8) is 0 Å². The summed E-state index contributed by atoms with van der Waals surface area (Å²) in [5.41, 5.74) is -2.25. The molecule has 1 aliphatic heterocycles. The van der Waals surface area contributed by atoms with Crippen molar-refractivity contribution in [2.24, 2.45) is 5.92 Å². The second kappa shape index (κ2) is 9.55. The fourth-order valence-corrected chi connectivity index (χ4v) is 4.86. The lowest BCUT2D eigenvalue weighted by molar-refractivity contribution is -0.137. The Balaban J connectivity index is 2.10.